The first kappa shape index (κ1) is 19.9. The molecule has 2 N–H and O–H groups in total. The normalized spacial score (nSPS) is 31.1. The molecule has 0 heterocycles. The summed E-state index contributed by atoms with van der Waals surface area (Å²) in [5.41, 5.74) is 0.426. The van der Waals surface area contributed by atoms with Crippen LogP contribution in [0.2, 0.25) is 0 Å². The van der Waals surface area contributed by atoms with E-state index in [4.69, 9.17) is 9.47 Å². The number of ether oxygens (including phenoxy) is 2. The smallest absolute Gasteiger partial charge is 0.405 e. The highest BCUT2D eigenvalue weighted by molar-refractivity contribution is 14.1. The van der Waals surface area contributed by atoms with Gasteiger partial charge in [0.2, 0.25) is 0 Å². The molecule has 1 aromatic carbocycles. The molecule has 144 valence electrons. The third-order valence-corrected chi connectivity index (χ3v) is 7.23. The van der Waals surface area contributed by atoms with Crippen molar-refractivity contribution in [3.63, 3.8) is 0 Å². The van der Waals surface area contributed by atoms with Gasteiger partial charge in [-0.1, -0.05) is 31.5 Å². The van der Waals surface area contributed by atoms with Gasteiger partial charge < -0.3 is 19.9 Å². The molecule has 3 rings (SSSR count). The van der Waals surface area contributed by atoms with Gasteiger partial charge in [-0.25, -0.2) is 4.79 Å². The second-order valence-corrected chi connectivity index (χ2v) is 8.79. The Morgan fingerprint density at radius 2 is 2.19 bits per heavy atom. The first-order valence-electron chi connectivity index (χ1n) is 9.35. The topological polar surface area (TPSA) is 67.8 Å². The van der Waals surface area contributed by atoms with E-state index in [2.05, 4.69) is 53.0 Å². The quantitative estimate of drug-likeness (QED) is 0.430. The number of fused-ring (bicyclic) bond motifs is 2. The molecular weight excluding hydrogens is 445 g/mol. The van der Waals surface area contributed by atoms with Crippen LogP contribution in [0.3, 0.4) is 0 Å². The fraction of sp³-hybridized carbons (Fsp3) is 0.650. The molecule has 0 aliphatic heterocycles. The summed E-state index contributed by atoms with van der Waals surface area (Å²) >= 11 is 2.39. The number of carboxylic acid groups (broad SMARTS) is 1. The van der Waals surface area contributed by atoms with Crippen LogP contribution in [0.15, 0.2) is 24.3 Å². The lowest BCUT2D eigenvalue weighted by Crippen LogP contribution is -2.67. The Labute approximate surface area is 169 Å². The summed E-state index contributed by atoms with van der Waals surface area (Å²) in [6, 6.07) is 8.40. The molecule has 2 saturated carbocycles. The fourth-order valence-corrected chi connectivity index (χ4v) is 6.38. The van der Waals surface area contributed by atoms with Crippen LogP contribution in [0.25, 0.3) is 0 Å². The van der Waals surface area contributed by atoms with Crippen LogP contribution in [0.1, 0.15) is 51.0 Å². The number of halogens is 1. The third-order valence-electron chi connectivity index (χ3n) is 6.29. The number of hydrogen-bond acceptors (Lipinski definition) is 3. The van der Waals surface area contributed by atoms with Crippen molar-refractivity contribution in [2.45, 2.75) is 62.5 Å². The van der Waals surface area contributed by atoms with Crippen LogP contribution < -0.4 is 5.32 Å². The summed E-state index contributed by atoms with van der Waals surface area (Å²) in [5, 5.41) is 12.7. The van der Waals surface area contributed by atoms with E-state index in [1.54, 1.807) is 7.11 Å². The summed E-state index contributed by atoms with van der Waals surface area (Å²) < 4.78 is 12.5. The number of nitrogens with one attached hydrogen (secondary N) is 1. The molecule has 5 nitrogen and oxygen atoms in total. The van der Waals surface area contributed by atoms with Gasteiger partial charge in [0.1, 0.15) is 6.79 Å². The van der Waals surface area contributed by atoms with Crippen LogP contribution in [0.5, 0.6) is 0 Å². The van der Waals surface area contributed by atoms with Crippen molar-refractivity contribution in [1.29, 1.82) is 0 Å². The van der Waals surface area contributed by atoms with Crippen molar-refractivity contribution >= 4 is 28.7 Å². The van der Waals surface area contributed by atoms with Gasteiger partial charge >= 0.3 is 6.09 Å². The van der Waals surface area contributed by atoms with E-state index >= 15 is 0 Å². The first-order chi connectivity index (χ1) is 12.5. The lowest BCUT2D eigenvalue weighted by Gasteiger charge is -2.51. The summed E-state index contributed by atoms with van der Waals surface area (Å²) in [4.78, 5) is 11.9. The van der Waals surface area contributed by atoms with Crippen molar-refractivity contribution in [3.05, 3.63) is 33.4 Å². The minimum absolute atomic E-state index is 0.181. The Hall–Kier alpha value is -0.860. The van der Waals surface area contributed by atoms with E-state index in [0.29, 0.717) is 5.92 Å². The number of carbonyl (C=O) groups is 1. The van der Waals surface area contributed by atoms with Crippen molar-refractivity contribution in [1.82, 2.24) is 5.32 Å². The van der Waals surface area contributed by atoms with Gasteiger partial charge in [0, 0.05) is 16.1 Å². The lowest BCUT2D eigenvalue weighted by atomic mass is 9.61. The largest absolute Gasteiger partial charge is 0.465 e. The Balaban J connectivity index is 2.12. The summed E-state index contributed by atoms with van der Waals surface area (Å²) in [5.74, 6) is 0.531. The number of amides is 1. The second-order valence-electron chi connectivity index (χ2n) is 7.63. The molecule has 26 heavy (non-hydrogen) atoms. The Morgan fingerprint density at radius 3 is 2.81 bits per heavy atom. The lowest BCUT2D eigenvalue weighted by molar-refractivity contribution is -0.120. The zero-order chi connectivity index (χ0) is 18.8. The molecule has 0 aromatic heterocycles. The monoisotopic (exact) mass is 473 g/mol. The van der Waals surface area contributed by atoms with Crippen LogP contribution in [0.4, 0.5) is 4.79 Å². The van der Waals surface area contributed by atoms with Crippen molar-refractivity contribution < 1.29 is 19.4 Å². The molecule has 2 aliphatic rings. The zero-order valence-electron chi connectivity index (χ0n) is 15.5. The molecule has 0 spiro atoms. The standard InChI is InChI=1S/C20H28INO4/c1-3-6-17(26-13-25-2)20(22-18(23)24)12-14-9-10-19(20,11-14)15-7-4-5-8-16(15)21/h4-5,7-8,14,17,22H,3,6,9-13H2,1-2H3,(H,23,24)/t14?,17?,19-,20+/m0/s1. The van der Waals surface area contributed by atoms with Crippen LogP contribution in [0, 0.1) is 9.49 Å². The summed E-state index contributed by atoms with van der Waals surface area (Å²) in [7, 11) is 1.61. The second kappa shape index (κ2) is 8.02. The van der Waals surface area contributed by atoms with Gasteiger partial charge in [-0.3, -0.25) is 0 Å². The molecule has 2 bridgehead atoms. The first-order valence-corrected chi connectivity index (χ1v) is 10.4. The van der Waals surface area contributed by atoms with E-state index in [1.807, 2.05) is 6.07 Å². The minimum atomic E-state index is -0.968. The molecule has 0 radical (unpaired) electrons. The van der Waals surface area contributed by atoms with Gasteiger partial charge in [-0.05, 0) is 72.2 Å². The van der Waals surface area contributed by atoms with Crippen LogP contribution in [-0.4, -0.2) is 36.7 Å². The number of methoxy groups -OCH3 is 1. The van der Waals surface area contributed by atoms with Gasteiger partial charge in [0.15, 0.2) is 0 Å². The average Bonchev–Trinajstić information content (AvgIpc) is 3.15. The van der Waals surface area contributed by atoms with E-state index < -0.39 is 11.6 Å². The maximum atomic E-state index is 11.9. The Bertz CT molecular complexity index is 654. The Kier molecular flexibility index (Phi) is 6.14. The minimum Gasteiger partial charge on any atom is -0.465 e. The van der Waals surface area contributed by atoms with E-state index in [0.717, 1.165) is 38.5 Å². The van der Waals surface area contributed by atoms with E-state index in [9.17, 15) is 9.90 Å². The van der Waals surface area contributed by atoms with Crippen molar-refractivity contribution in [2.75, 3.05) is 13.9 Å². The van der Waals surface area contributed by atoms with Gasteiger partial charge in [0.05, 0.1) is 11.6 Å². The molecule has 4 atom stereocenters. The maximum absolute atomic E-state index is 11.9. The third kappa shape index (κ3) is 3.24. The van der Waals surface area contributed by atoms with Gasteiger partial charge in [0.25, 0.3) is 0 Å². The van der Waals surface area contributed by atoms with Crippen molar-refractivity contribution in [2.24, 2.45) is 5.92 Å². The van der Waals surface area contributed by atoms with Crippen LogP contribution >= 0.6 is 22.6 Å². The van der Waals surface area contributed by atoms with Crippen LogP contribution in [-0.2, 0) is 14.9 Å². The molecule has 2 unspecified atom stereocenters. The number of rotatable bonds is 8. The highest BCUT2D eigenvalue weighted by Crippen LogP contribution is 2.63. The van der Waals surface area contributed by atoms with Gasteiger partial charge in [-0.2, -0.15) is 0 Å². The summed E-state index contributed by atoms with van der Waals surface area (Å²) in [6.07, 6.45) is 4.56. The highest BCUT2D eigenvalue weighted by atomic mass is 127. The number of benzene rings is 1. The zero-order valence-corrected chi connectivity index (χ0v) is 17.6. The predicted octanol–water partition coefficient (Wildman–Crippen LogP) is 4.53. The molecule has 6 heteroatoms. The predicted molar refractivity (Wildman–Crippen MR) is 108 cm³/mol. The maximum Gasteiger partial charge on any atom is 0.405 e. The number of hydrogen-bond donors (Lipinski definition) is 2. The molecule has 1 amide bonds. The average molecular weight is 473 g/mol. The fourth-order valence-electron chi connectivity index (χ4n) is 5.48. The van der Waals surface area contributed by atoms with E-state index in [1.165, 1.54) is 9.13 Å². The molecule has 0 saturated heterocycles. The molecule has 1 aromatic rings. The highest BCUT2D eigenvalue weighted by Gasteiger charge is 2.66. The van der Waals surface area contributed by atoms with E-state index in [-0.39, 0.29) is 18.3 Å². The van der Waals surface area contributed by atoms with Crippen molar-refractivity contribution in [3.8, 4) is 0 Å². The Morgan fingerprint density at radius 1 is 1.42 bits per heavy atom. The SMILES string of the molecule is CCCC(OCOC)[C@]1(NC(=O)O)CC2CC[C@@]1(c1ccccc1I)C2. The molecule has 2 aliphatic carbocycles. The van der Waals surface area contributed by atoms with Gasteiger partial charge in [-0.15, -0.1) is 0 Å². The summed E-state index contributed by atoms with van der Waals surface area (Å²) in [6.45, 7) is 2.30. The molecule has 2 fully saturated rings. The molecular formula is C20H28INO4.